The minimum Gasteiger partial charge on any atom is -0.462 e. The van der Waals surface area contributed by atoms with Crippen LogP contribution >= 0.6 is 0 Å². The van der Waals surface area contributed by atoms with Gasteiger partial charge in [-0.3, -0.25) is 9.59 Å². The molecular weight excluding hydrogens is 695 g/mol. The Balaban J connectivity index is 4.45. The zero-order valence-electron chi connectivity index (χ0n) is 37.5. The van der Waals surface area contributed by atoms with E-state index >= 15 is 0 Å². The fraction of sp³-hybridized carbons (Fsp3) is 0.880. The second-order valence-corrected chi connectivity index (χ2v) is 16.9. The van der Waals surface area contributed by atoms with Crippen LogP contribution in [0, 0.1) is 0 Å². The molecule has 330 valence electrons. The van der Waals surface area contributed by atoms with E-state index in [1.165, 1.54) is 135 Å². The number of hydrogen-bond acceptors (Lipinski definition) is 5. The molecular formula is C50H95NO5. The number of allylic oxidation sites excluding steroid dienone is 4. The van der Waals surface area contributed by atoms with Crippen LogP contribution in [0.4, 0.5) is 0 Å². The van der Waals surface area contributed by atoms with Gasteiger partial charge in [-0.25, -0.2) is 0 Å². The maximum atomic E-state index is 13.1. The van der Waals surface area contributed by atoms with Gasteiger partial charge in [0.25, 0.3) is 0 Å². The highest BCUT2D eigenvalue weighted by Gasteiger charge is 2.24. The first-order valence-corrected chi connectivity index (χ1v) is 24.6. The monoisotopic (exact) mass is 790 g/mol. The standard InChI is InChI=1S/C50H95NO5/c1-4-7-10-13-16-19-21-22-23-24-25-26-27-28-31-34-37-40-43-50(55)56-46(41-38-35-32-29-18-15-12-9-6-3)44-49(54)51-47(45-52)48(53)42-39-36-33-30-20-17-14-11-8-5-2/h15,18,25-26,46-48,52-53H,4-14,16-17,19-24,27-45H2,1-3H3,(H,51,54)/b18-15-,26-25+. The molecule has 0 radical (unpaired) electrons. The van der Waals surface area contributed by atoms with Gasteiger partial charge >= 0.3 is 5.97 Å². The van der Waals surface area contributed by atoms with Gasteiger partial charge < -0.3 is 20.3 Å². The molecule has 3 N–H and O–H groups in total. The molecule has 1 amide bonds. The van der Waals surface area contributed by atoms with Crippen molar-refractivity contribution in [1.82, 2.24) is 5.32 Å². The van der Waals surface area contributed by atoms with Crippen molar-refractivity contribution in [2.24, 2.45) is 0 Å². The molecule has 0 fully saturated rings. The van der Waals surface area contributed by atoms with E-state index in [-0.39, 0.29) is 24.9 Å². The van der Waals surface area contributed by atoms with Crippen LogP contribution in [0.25, 0.3) is 0 Å². The third-order valence-electron chi connectivity index (χ3n) is 11.3. The van der Waals surface area contributed by atoms with E-state index in [2.05, 4.69) is 50.4 Å². The zero-order valence-corrected chi connectivity index (χ0v) is 37.5. The summed E-state index contributed by atoms with van der Waals surface area (Å²) >= 11 is 0. The van der Waals surface area contributed by atoms with E-state index in [1.807, 2.05) is 0 Å². The smallest absolute Gasteiger partial charge is 0.306 e. The first kappa shape index (κ1) is 54.3. The van der Waals surface area contributed by atoms with Crippen molar-refractivity contribution in [2.45, 2.75) is 277 Å². The molecule has 6 heteroatoms. The van der Waals surface area contributed by atoms with Gasteiger partial charge in [-0.15, -0.1) is 0 Å². The number of carbonyl (C=O) groups is 2. The summed E-state index contributed by atoms with van der Waals surface area (Å²) in [6, 6.07) is -0.702. The maximum Gasteiger partial charge on any atom is 0.306 e. The highest BCUT2D eigenvalue weighted by molar-refractivity contribution is 5.77. The van der Waals surface area contributed by atoms with Crippen molar-refractivity contribution in [3.8, 4) is 0 Å². The first-order valence-electron chi connectivity index (χ1n) is 24.6. The lowest BCUT2D eigenvalue weighted by molar-refractivity contribution is -0.151. The summed E-state index contributed by atoms with van der Waals surface area (Å²) in [5.74, 6) is -0.495. The Bertz CT molecular complexity index is 889. The molecule has 0 aliphatic carbocycles. The molecule has 0 aromatic carbocycles. The number of hydrogen-bond donors (Lipinski definition) is 3. The number of esters is 1. The summed E-state index contributed by atoms with van der Waals surface area (Å²) in [4.78, 5) is 26.0. The Morgan fingerprint density at radius 1 is 0.500 bits per heavy atom. The fourth-order valence-electron chi connectivity index (χ4n) is 7.46. The molecule has 0 heterocycles. The lowest BCUT2D eigenvalue weighted by Crippen LogP contribution is -2.46. The van der Waals surface area contributed by atoms with Crippen molar-refractivity contribution < 1.29 is 24.5 Å². The fourth-order valence-corrected chi connectivity index (χ4v) is 7.46. The summed E-state index contributed by atoms with van der Waals surface area (Å²) in [6.07, 6.45) is 49.6. The normalized spacial score (nSPS) is 13.4. The lowest BCUT2D eigenvalue weighted by Gasteiger charge is -2.24. The van der Waals surface area contributed by atoms with Crippen LogP contribution in [0.1, 0.15) is 258 Å². The molecule has 0 bridgehead atoms. The van der Waals surface area contributed by atoms with Crippen molar-refractivity contribution in [1.29, 1.82) is 0 Å². The second kappa shape index (κ2) is 44.4. The van der Waals surface area contributed by atoms with Crippen molar-refractivity contribution in [3.63, 3.8) is 0 Å². The molecule has 0 saturated heterocycles. The maximum absolute atomic E-state index is 13.1. The minimum absolute atomic E-state index is 0.0662. The minimum atomic E-state index is -0.787. The molecule has 56 heavy (non-hydrogen) atoms. The molecule has 0 aliphatic rings. The van der Waals surface area contributed by atoms with E-state index in [1.54, 1.807) is 0 Å². The van der Waals surface area contributed by atoms with Gasteiger partial charge in [0.1, 0.15) is 6.10 Å². The zero-order chi connectivity index (χ0) is 41.0. The van der Waals surface area contributed by atoms with Crippen LogP contribution in [-0.4, -0.2) is 46.9 Å². The molecule has 0 saturated carbocycles. The van der Waals surface area contributed by atoms with Gasteiger partial charge in [-0.1, -0.05) is 199 Å². The van der Waals surface area contributed by atoms with Crippen molar-refractivity contribution in [3.05, 3.63) is 24.3 Å². The number of aliphatic hydroxyl groups is 2. The van der Waals surface area contributed by atoms with Crippen LogP contribution in [0.3, 0.4) is 0 Å². The van der Waals surface area contributed by atoms with E-state index < -0.39 is 18.2 Å². The topological polar surface area (TPSA) is 95.9 Å². The molecule has 0 aromatic rings. The Morgan fingerprint density at radius 3 is 1.34 bits per heavy atom. The highest BCUT2D eigenvalue weighted by Crippen LogP contribution is 2.17. The van der Waals surface area contributed by atoms with E-state index in [0.717, 1.165) is 77.0 Å². The summed E-state index contributed by atoms with van der Waals surface area (Å²) in [5, 5.41) is 23.6. The molecule has 6 nitrogen and oxygen atoms in total. The van der Waals surface area contributed by atoms with Crippen molar-refractivity contribution in [2.75, 3.05) is 6.61 Å². The Hall–Kier alpha value is -1.66. The Morgan fingerprint density at radius 2 is 0.875 bits per heavy atom. The number of aliphatic hydroxyl groups excluding tert-OH is 2. The van der Waals surface area contributed by atoms with Gasteiger partial charge in [0, 0.05) is 6.42 Å². The molecule has 0 aromatic heterocycles. The second-order valence-electron chi connectivity index (χ2n) is 16.9. The van der Waals surface area contributed by atoms with Gasteiger partial charge in [0.05, 0.1) is 25.2 Å². The predicted octanol–water partition coefficient (Wildman–Crippen LogP) is 14.3. The number of amides is 1. The van der Waals surface area contributed by atoms with E-state index in [4.69, 9.17) is 4.74 Å². The molecule has 0 spiro atoms. The summed E-state index contributed by atoms with van der Waals surface area (Å²) in [5.41, 5.74) is 0. The number of ether oxygens (including phenoxy) is 1. The van der Waals surface area contributed by atoms with Crippen LogP contribution in [0.5, 0.6) is 0 Å². The SMILES string of the molecule is CCCC/C=C\CCCCCC(CC(=O)NC(CO)C(O)CCCCCCCCCCCC)OC(=O)CCCCCCC/C=C/CCCCCCCCCCC. The third-order valence-corrected chi connectivity index (χ3v) is 11.3. The Labute approximate surface area is 348 Å². The average Bonchev–Trinajstić information content (AvgIpc) is 3.19. The van der Waals surface area contributed by atoms with E-state index in [9.17, 15) is 19.8 Å². The summed E-state index contributed by atoms with van der Waals surface area (Å²) in [6.45, 7) is 6.42. The summed E-state index contributed by atoms with van der Waals surface area (Å²) in [7, 11) is 0. The van der Waals surface area contributed by atoms with E-state index in [0.29, 0.717) is 19.3 Å². The third kappa shape index (κ3) is 39.2. The number of carbonyl (C=O) groups excluding carboxylic acids is 2. The molecule has 3 atom stereocenters. The predicted molar refractivity (Wildman–Crippen MR) is 241 cm³/mol. The van der Waals surface area contributed by atoms with Gasteiger partial charge in [-0.05, 0) is 70.6 Å². The quantitative estimate of drug-likeness (QED) is 0.0324. The Kier molecular flexibility index (Phi) is 43.1. The number of rotatable bonds is 44. The lowest BCUT2D eigenvalue weighted by atomic mass is 10.0. The van der Waals surface area contributed by atoms with Gasteiger partial charge in [0.2, 0.25) is 5.91 Å². The summed E-state index contributed by atoms with van der Waals surface area (Å²) < 4.78 is 5.89. The van der Waals surface area contributed by atoms with Gasteiger partial charge in [0.15, 0.2) is 0 Å². The van der Waals surface area contributed by atoms with Crippen LogP contribution in [-0.2, 0) is 14.3 Å². The number of nitrogens with one attached hydrogen (secondary N) is 1. The molecule has 3 unspecified atom stereocenters. The van der Waals surface area contributed by atoms with Crippen LogP contribution in [0.15, 0.2) is 24.3 Å². The largest absolute Gasteiger partial charge is 0.462 e. The van der Waals surface area contributed by atoms with Crippen molar-refractivity contribution >= 4 is 11.9 Å². The molecule has 0 rings (SSSR count). The average molecular weight is 790 g/mol. The van der Waals surface area contributed by atoms with Gasteiger partial charge in [-0.2, -0.15) is 0 Å². The highest BCUT2D eigenvalue weighted by atomic mass is 16.5. The first-order chi connectivity index (χ1) is 27.5. The van der Waals surface area contributed by atoms with Crippen LogP contribution in [0.2, 0.25) is 0 Å². The van der Waals surface area contributed by atoms with Crippen LogP contribution < -0.4 is 5.32 Å². The number of unbranched alkanes of at least 4 members (excludes halogenated alkanes) is 28. The molecule has 0 aliphatic heterocycles.